The summed E-state index contributed by atoms with van der Waals surface area (Å²) in [6, 6.07) is 10.3. The van der Waals surface area contributed by atoms with E-state index in [0.717, 1.165) is 36.7 Å². The van der Waals surface area contributed by atoms with Gasteiger partial charge >= 0.3 is 0 Å². The molecule has 1 aliphatic carbocycles. The number of imidazole rings is 1. The molecule has 2 N–H and O–H groups in total. The van der Waals surface area contributed by atoms with Gasteiger partial charge in [0.15, 0.2) is 11.0 Å². The fourth-order valence-corrected chi connectivity index (χ4v) is 4.80. The molecule has 7 nitrogen and oxygen atoms in total. The standard InChI is InChI=1S/C21H26N6OS/c1-27-12-11-22-21(27)29-17-9-7-16(8-10-17)23-20(28)14-19-24-18(25-26-19)13-15-5-3-2-4-6-15/h2-6,11-12,16-17H,7-10,13-14H2,1H3,(H,23,28)(H,24,25,26). The molecule has 1 fully saturated rings. The van der Waals surface area contributed by atoms with Gasteiger partial charge in [0.05, 0.1) is 6.42 Å². The van der Waals surface area contributed by atoms with E-state index in [2.05, 4.69) is 42.2 Å². The number of rotatable bonds is 7. The number of hydrogen-bond donors (Lipinski definition) is 2. The minimum Gasteiger partial charge on any atom is -0.353 e. The Kier molecular flexibility index (Phi) is 6.29. The van der Waals surface area contributed by atoms with Gasteiger partial charge in [-0.05, 0) is 31.2 Å². The number of aryl methyl sites for hydroxylation is 1. The van der Waals surface area contributed by atoms with Crippen molar-refractivity contribution < 1.29 is 4.79 Å². The molecular weight excluding hydrogens is 384 g/mol. The predicted octanol–water partition coefficient (Wildman–Crippen LogP) is 2.89. The van der Waals surface area contributed by atoms with E-state index in [1.165, 1.54) is 5.56 Å². The molecule has 1 aliphatic rings. The second-order valence-electron chi connectivity index (χ2n) is 7.52. The molecule has 8 heteroatoms. The van der Waals surface area contributed by atoms with E-state index in [0.29, 0.717) is 17.5 Å². The van der Waals surface area contributed by atoms with Crippen molar-refractivity contribution in [1.29, 1.82) is 0 Å². The number of benzene rings is 1. The van der Waals surface area contributed by atoms with E-state index in [4.69, 9.17) is 0 Å². The summed E-state index contributed by atoms with van der Waals surface area (Å²) in [6.45, 7) is 0. The zero-order chi connectivity index (χ0) is 20.1. The highest BCUT2D eigenvalue weighted by Gasteiger charge is 2.24. The van der Waals surface area contributed by atoms with Crippen molar-refractivity contribution in [3.63, 3.8) is 0 Å². The molecule has 0 unspecified atom stereocenters. The highest BCUT2D eigenvalue weighted by Crippen LogP contribution is 2.32. The van der Waals surface area contributed by atoms with Crippen molar-refractivity contribution in [2.75, 3.05) is 0 Å². The first-order chi connectivity index (χ1) is 14.2. The number of nitrogens with one attached hydrogen (secondary N) is 2. The molecule has 0 saturated heterocycles. The third kappa shape index (κ3) is 5.47. The number of carbonyl (C=O) groups is 1. The van der Waals surface area contributed by atoms with Gasteiger partial charge in [-0.15, -0.1) is 0 Å². The molecule has 29 heavy (non-hydrogen) atoms. The molecule has 2 heterocycles. The van der Waals surface area contributed by atoms with Crippen LogP contribution >= 0.6 is 11.8 Å². The lowest BCUT2D eigenvalue weighted by molar-refractivity contribution is -0.121. The van der Waals surface area contributed by atoms with Gasteiger partial charge in [0.2, 0.25) is 5.91 Å². The average molecular weight is 411 g/mol. The molecule has 0 bridgehead atoms. The number of H-pyrrole nitrogens is 1. The van der Waals surface area contributed by atoms with Crippen LogP contribution in [0.1, 0.15) is 42.9 Å². The molecule has 152 valence electrons. The molecule has 1 aromatic carbocycles. The maximum atomic E-state index is 12.4. The quantitative estimate of drug-likeness (QED) is 0.625. The molecule has 4 rings (SSSR count). The first-order valence-corrected chi connectivity index (χ1v) is 10.9. The molecule has 0 aliphatic heterocycles. The van der Waals surface area contributed by atoms with Crippen LogP contribution in [-0.4, -0.2) is 41.9 Å². The predicted molar refractivity (Wildman–Crippen MR) is 113 cm³/mol. The van der Waals surface area contributed by atoms with Crippen LogP contribution in [0.5, 0.6) is 0 Å². The van der Waals surface area contributed by atoms with Crippen LogP contribution in [0.4, 0.5) is 0 Å². The second kappa shape index (κ2) is 9.26. The SMILES string of the molecule is Cn1ccnc1SC1CCC(NC(=O)Cc2n[nH]c(Cc3ccccc3)n2)CC1. The average Bonchev–Trinajstić information content (AvgIpc) is 3.33. The van der Waals surface area contributed by atoms with Crippen molar-refractivity contribution in [2.24, 2.45) is 7.05 Å². The van der Waals surface area contributed by atoms with E-state index in [-0.39, 0.29) is 18.4 Å². The van der Waals surface area contributed by atoms with Crippen LogP contribution in [0.25, 0.3) is 0 Å². The summed E-state index contributed by atoms with van der Waals surface area (Å²) in [4.78, 5) is 21.3. The zero-order valence-electron chi connectivity index (χ0n) is 16.5. The molecule has 0 atom stereocenters. The lowest BCUT2D eigenvalue weighted by atomic mass is 9.95. The molecule has 0 spiro atoms. The fraction of sp³-hybridized carbons (Fsp3) is 0.429. The molecule has 0 radical (unpaired) electrons. The Morgan fingerprint density at radius 1 is 1.24 bits per heavy atom. The normalized spacial score (nSPS) is 19.2. The topological polar surface area (TPSA) is 88.5 Å². The number of aromatic amines is 1. The molecular formula is C21H26N6OS. The van der Waals surface area contributed by atoms with Gasteiger partial charge in [-0.3, -0.25) is 9.89 Å². The van der Waals surface area contributed by atoms with E-state index in [9.17, 15) is 4.79 Å². The summed E-state index contributed by atoms with van der Waals surface area (Å²) in [5.41, 5.74) is 1.17. The largest absolute Gasteiger partial charge is 0.353 e. The third-order valence-corrected chi connectivity index (χ3v) is 6.61. The Morgan fingerprint density at radius 3 is 2.76 bits per heavy atom. The highest BCUT2D eigenvalue weighted by molar-refractivity contribution is 7.99. The van der Waals surface area contributed by atoms with Crippen LogP contribution < -0.4 is 5.32 Å². The zero-order valence-corrected chi connectivity index (χ0v) is 17.4. The number of carbonyl (C=O) groups excluding carboxylic acids is 1. The molecule has 1 saturated carbocycles. The van der Waals surface area contributed by atoms with Crippen LogP contribution in [-0.2, 0) is 24.7 Å². The van der Waals surface area contributed by atoms with Crippen LogP contribution in [0, 0.1) is 0 Å². The second-order valence-corrected chi connectivity index (χ2v) is 8.78. The first-order valence-electron chi connectivity index (χ1n) is 10.0. The minimum atomic E-state index is -0.00420. The molecule has 1 amide bonds. The number of aromatic nitrogens is 5. The van der Waals surface area contributed by atoms with E-state index < -0.39 is 0 Å². The lowest BCUT2D eigenvalue weighted by Gasteiger charge is -2.28. The van der Waals surface area contributed by atoms with Crippen molar-refractivity contribution in [2.45, 2.75) is 55.0 Å². The Bertz CT molecular complexity index is 930. The number of hydrogen-bond acceptors (Lipinski definition) is 5. The third-order valence-electron chi connectivity index (χ3n) is 5.20. The Balaban J connectivity index is 1.21. The fourth-order valence-electron chi connectivity index (χ4n) is 3.64. The molecule has 3 aromatic rings. The Hall–Kier alpha value is -2.61. The summed E-state index contributed by atoms with van der Waals surface area (Å²) in [5, 5.41) is 11.9. The van der Waals surface area contributed by atoms with Crippen LogP contribution in [0.15, 0.2) is 47.9 Å². The maximum absolute atomic E-state index is 12.4. The Morgan fingerprint density at radius 2 is 2.03 bits per heavy atom. The maximum Gasteiger partial charge on any atom is 0.227 e. The number of amides is 1. The van der Waals surface area contributed by atoms with E-state index in [1.807, 2.05) is 49.4 Å². The summed E-state index contributed by atoms with van der Waals surface area (Å²) in [7, 11) is 2.02. The number of nitrogens with zero attached hydrogens (tertiary/aromatic N) is 4. The van der Waals surface area contributed by atoms with Crippen molar-refractivity contribution in [1.82, 2.24) is 30.0 Å². The van der Waals surface area contributed by atoms with Crippen LogP contribution in [0.3, 0.4) is 0 Å². The van der Waals surface area contributed by atoms with Gasteiger partial charge in [0.1, 0.15) is 5.82 Å². The van der Waals surface area contributed by atoms with Gasteiger partial charge in [0, 0.05) is 37.2 Å². The van der Waals surface area contributed by atoms with Crippen LogP contribution in [0.2, 0.25) is 0 Å². The summed E-state index contributed by atoms with van der Waals surface area (Å²) in [5.74, 6) is 1.33. The van der Waals surface area contributed by atoms with E-state index >= 15 is 0 Å². The van der Waals surface area contributed by atoms with Crippen molar-refractivity contribution in [3.8, 4) is 0 Å². The van der Waals surface area contributed by atoms with Crippen molar-refractivity contribution >= 4 is 17.7 Å². The van der Waals surface area contributed by atoms with Gasteiger partial charge in [0.25, 0.3) is 0 Å². The molecule has 2 aromatic heterocycles. The Labute approximate surface area is 174 Å². The van der Waals surface area contributed by atoms with Crippen molar-refractivity contribution in [3.05, 3.63) is 59.9 Å². The van der Waals surface area contributed by atoms with Gasteiger partial charge in [-0.2, -0.15) is 5.10 Å². The summed E-state index contributed by atoms with van der Waals surface area (Å²) in [6.07, 6.45) is 8.89. The van der Waals surface area contributed by atoms with Gasteiger partial charge in [-0.1, -0.05) is 42.1 Å². The van der Waals surface area contributed by atoms with Gasteiger partial charge < -0.3 is 9.88 Å². The smallest absolute Gasteiger partial charge is 0.227 e. The minimum absolute atomic E-state index is 0.00420. The lowest BCUT2D eigenvalue weighted by Crippen LogP contribution is -2.39. The summed E-state index contributed by atoms with van der Waals surface area (Å²) < 4.78 is 2.06. The monoisotopic (exact) mass is 410 g/mol. The van der Waals surface area contributed by atoms with E-state index in [1.54, 1.807) is 0 Å². The summed E-state index contributed by atoms with van der Waals surface area (Å²) >= 11 is 1.84. The first kappa shape index (κ1) is 19.7. The highest BCUT2D eigenvalue weighted by atomic mass is 32.2. The number of thioether (sulfide) groups is 1. The van der Waals surface area contributed by atoms with Gasteiger partial charge in [-0.25, -0.2) is 9.97 Å².